The first-order chi connectivity index (χ1) is 8.79. The van der Waals surface area contributed by atoms with Crippen LogP contribution in [0.4, 0.5) is 0 Å². The third-order valence-corrected chi connectivity index (χ3v) is 4.36. The summed E-state index contributed by atoms with van der Waals surface area (Å²) in [5.41, 5.74) is 0. The van der Waals surface area contributed by atoms with E-state index in [1.807, 2.05) is 4.90 Å². The molecule has 1 amide bonds. The molecule has 2 N–H and O–H groups in total. The first-order valence-corrected chi connectivity index (χ1v) is 7.39. The van der Waals surface area contributed by atoms with E-state index in [0.717, 1.165) is 51.4 Å². The van der Waals surface area contributed by atoms with E-state index in [9.17, 15) is 9.90 Å². The Balaban J connectivity index is 1.70. The average Bonchev–Trinajstić information content (AvgIpc) is 2.46. The molecule has 0 aromatic heterocycles. The van der Waals surface area contributed by atoms with Crippen LogP contribution in [0.25, 0.3) is 0 Å². The molecular formula is C14H26N2O2. The van der Waals surface area contributed by atoms with Crippen LogP contribution < -0.4 is 5.32 Å². The Bertz CT molecular complexity index is 265. The van der Waals surface area contributed by atoms with Crippen molar-refractivity contribution in [3.63, 3.8) is 0 Å². The van der Waals surface area contributed by atoms with Crippen molar-refractivity contribution in [1.82, 2.24) is 10.2 Å². The fraction of sp³-hybridized carbons (Fsp3) is 0.929. The van der Waals surface area contributed by atoms with E-state index in [0.29, 0.717) is 18.2 Å². The minimum absolute atomic E-state index is 0.220. The predicted molar refractivity (Wildman–Crippen MR) is 71.2 cm³/mol. The number of nitrogens with zero attached hydrogens (tertiary/aromatic N) is 1. The standard InChI is InChI=1S/C14H26N2O2/c17-11-13-2-1-9-16(10-13)14(18)4-3-12-5-7-15-8-6-12/h12-13,15,17H,1-11H2. The Hall–Kier alpha value is -0.610. The van der Waals surface area contributed by atoms with E-state index in [1.54, 1.807) is 0 Å². The van der Waals surface area contributed by atoms with E-state index in [4.69, 9.17) is 0 Å². The molecule has 0 saturated carbocycles. The van der Waals surface area contributed by atoms with Gasteiger partial charge in [0.1, 0.15) is 0 Å². The Morgan fingerprint density at radius 3 is 2.72 bits per heavy atom. The molecule has 0 aromatic carbocycles. The summed E-state index contributed by atoms with van der Waals surface area (Å²) in [4.78, 5) is 14.1. The second-order valence-corrected chi connectivity index (χ2v) is 5.76. The highest BCUT2D eigenvalue weighted by Gasteiger charge is 2.23. The Labute approximate surface area is 110 Å². The highest BCUT2D eigenvalue weighted by Crippen LogP contribution is 2.21. The van der Waals surface area contributed by atoms with Crippen molar-refractivity contribution in [2.24, 2.45) is 11.8 Å². The first kappa shape index (κ1) is 13.8. The van der Waals surface area contributed by atoms with Crippen LogP contribution in [0.5, 0.6) is 0 Å². The SMILES string of the molecule is O=C(CCC1CCNCC1)N1CCCC(CO)C1. The molecule has 1 unspecified atom stereocenters. The lowest BCUT2D eigenvalue weighted by atomic mass is 9.92. The van der Waals surface area contributed by atoms with Crippen molar-refractivity contribution in [2.75, 3.05) is 32.8 Å². The van der Waals surface area contributed by atoms with E-state index in [2.05, 4.69) is 5.32 Å². The van der Waals surface area contributed by atoms with Crippen LogP contribution in [0.15, 0.2) is 0 Å². The molecule has 2 fully saturated rings. The van der Waals surface area contributed by atoms with Gasteiger partial charge in [0.2, 0.25) is 5.91 Å². The smallest absolute Gasteiger partial charge is 0.222 e. The Morgan fingerprint density at radius 1 is 1.22 bits per heavy atom. The normalized spacial score (nSPS) is 26.3. The lowest BCUT2D eigenvalue weighted by Gasteiger charge is -2.32. The van der Waals surface area contributed by atoms with Crippen LogP contribution in [0, 0.1) is 11.8 Å². The molecule has 0 aromatic rings. The summed E-state index contributed by atoms with van der Waals surface area (Å²) in [5, 5.41) is 12.5. The number of hydrogen-bond acceptors (Lipinski definition) is 3. The molecule has 104 valence electrons. The van der Waals surface area contributed by atoms with Gasteiger partial charge in [-0.2, -0.15) is 0 Å². The quantitative estimate of drug-likeness (QED) is 0.787. The van der Waals surface area contributed by atoms with Gasteiger partial charge in [-0.15, -0.1) is 0 Å². The van der Waals surface area contributed by atoms with Crippen LogP contribution in [0.1, 0.15) is 38.5 Å². The zero-order chi connectivity index (χ0) is 12.8. The van der Waals surface area contributed by atoms with Gasteiger partial charge in [0.05, 0.1) is 0 Å². The summed E-state index contributed by atoms with van der Waals surface area (Å²) >= 11 is 0. The fourth-order valence-corrected chi connectivity index (χ4v) is 3.10. The first-order valence-electron chi connectivity index (χ1n) is 7.39. The summed E-state index contributed by atoms with van der Waals surface area (Å²) in [6.45, 7) is 4.09. The van der Waals surface area contributed by atoms with Gasteiger partial charge < -0.3 is 15.3 Å². The van der Waals surface area contributed by atoms with Crippen molar-refractivity contribution in [2.45, 2.75) is 38.5 Å². The number of likely N-dealkylation sites (tertiary alicyclic amines) is 1. The molecule has 0 spiro atoms. The highest BCUT2D eigenvalue weighted by atomic mass is 16.3. The summed E-state index contributed by atoms with van der Waals surface area (Å²) in [6, 6.07) is 0. The Kier molecular flexibility index (Phi) is 5.45. The summed E-state index contributed by atoms with van der Waals surface area (Å²) in [5.74, 6) is 1.34. The molecule has 0 radical (unpaired) electrons. The molecular weight excluding hydrogens is 228 g/mol. The topological polar surface area (TPSA) is 52.6 Å². The van der Waals surface area contributed by atoms with Crippen LogP contribution in [-0.2, 0) is 4.79 Å². The van der Waals surface area contributed by atoms with Crippen molar-refractivity contribution in [3.05, 3.63) is 0 Å². The molecule has 4 heteroatoms. The zero-order valence-corrected chi connectivity index (χ0v) is 11.2. The maximum absolute atomic E-state index is 12.1. The molecule has 2 aliphatic heterocycles. The van der Waals surface area contributed by atoms with Gasteiger partial charge in [0, 0.05) is 26.1 Å². The van der Waals surface area contributed by atoms with Gasteiger partial charge in [0.25, 0.3) is 0 Å². The molecule has 2 heterocycles. The second kappa shape index (κ2) is 7.10. The minimum Gasteiger partial charge on any atom is -0.396 e. The number of aliphatic hydroxyl groups excluding tert-OH is 1. The van der Waals surface area contributed by atoms with Gasteiger partial charge in [-0.3, -0.25) is 4.79 Å². The second-order valence-electron chi connectivity index (χ2n) is 5.76. The molecule has 1 atom stereocenters. The largest absolute Gasteiger partial charge is 0.396 e. The van der Waals surface area contributed by atoms with Gasteiger partial charge >= 0.3 is 0 Å². The van der Waals surface area contributed by atoms with Crippen molar-refractivity contribution >= 4 is 5.91 Å². The number of aliphatic hydroxyl groups is 1. The van der Waals surface area contributed by atoms with Crippen LogP contribution >= 0.6 is 0 Å². The number of amides is 1. The number of rotatable bonds is 4. The van der Waals surface area contributed by atoms with Crippen LogP contribution in [0.2, 0.25) is 0 Å². The molecule has 0 bridgehead atoms. The minimum atomic E-state index is 0.220. The van der Waals surface area contributed by atoms with Gasteiger partial charge in [0.15, 0.2) is 0 Å². The summed E-state index contributed by atoms with van der Waals surface area (Å²) < 4.78 is 0. The lowest BCUT2D eigenvalue weighted by molar-refractivity contribution is -0.133. The van der Waals surface area contributed by atoms with Crippen LogP contribution in [0.3, 0.4) is 0 Å². The maximum atomic E-state index is 12.1. The van der Waals surface area contributed by atoms with E-state index in [-0.39, 0.29) is 6.61 Å². The summed E-state index contributed by atoms with van der Waals surface area (Å²) in [7, 11) is 0. The van der Waals surface area contributed by atoms with Gasteiger partial charge in [-0.1, -0.05) is 0 Å². The van der Waals surface area contributed by atoms with Crippen molar-refractivity contribution in [3.8, 4) is 0 Å². The molecule has 4 nitrogen and oxygen atoms in total. The molecule has 2 rings (SSSR count). The third kappa shape index (κ3) is 3.95. The number of carbonyl (C=O) groups excluding carboxylic acids is 1. The monoisotopic (exact) mass is 254 g/mol. The number of hydrogen-bond donors (Lipinski definition) is 2. The highest BCUT2D eigenvalue weighted by molar-refractivity contribution is 5.76. The summed E-state index contributed by atoms with van der Waals surface area (Å²) in [6.07, 6.45) is 6.28. The molecule has 2 saturated heterocycles. The third-order valence-electron chi connectivity index (χ3n) is 4.36. The number of piperidine rings is 2. The van der Waals surface area contributed by atoms with Gasteiger partial charge in [-0.05, 0) is 57.0 Å². The molecule has 18 heavy (non-hydrogen) atoms. The van der Waals surface area contributed by atoms with Gasteiger partial charge in [-0.25, -0.2) is 0 Å². The van der Waals surface area contributed by atoms with Crippen molar-refractivity contribution < 1.29 is 9.90 Å². The lowest BCUT2D eigenvalue weighted by Crippen LogP contribution is -2.41. The van der Waals surface area contributed by atoms with E-state index in [1.165, 1.54) is 12.8 Å². The van der Waals surface area contributed by atoms with E-state index < -0.39 is 0 Å². The van der Waals surface area contributed by atoms with Crippen molar-refractivity contribution in [1.29, 1.82) is 0 Å². The predicted octanol–water partition coefficient (Wildman–Crippen LogP) is 0.997. The molecule has 2 aliphatic rings. The van der Waals surface area contributed by atoms with E-state index >= 15 is 0 Å². The average molecular weight is 254 g/mol. The number of carbonyl (C=O) groups is 1. The fourth-order valence-electron chi connectivity index (χ4n) is 3.10. The Morgan fingerprint density at radius 2 is 2.00 bits per heavy atom. The number of nitrogens with one attached hydrogen (secondary N) is 1. The molecule has 0 aliphatic carbocycles. The maximum Gasteiger partial charge on any atom is 0.222 e. The van der Waals surface area contributed by atoms with Crippen LogP contribution in [-0.4, -0.2) is 48.7 Å². The zero-order valence-electron chi connectivity index (χ0n) is 11.2.